The Morgan fingerprint density at radius 1 is 1.22 bits per heavy atom. The molecule has 0 saturated carbocycles. The molecule has 3 aromatic rings. The summed E-state index contributed by atoms with van der Waals surface area (Å²) in [4.78, 5) is 18.5. The van der Waals surface area contributed by atoms with Crippen molar-refractivity contribution in [3.05, 3.63) is 62.8 Å². The Hall–Kier alpha value is -2.18. The van der Waals surface area contributed by atoms with Gasteiger partial charge in [0.1, 0.15) is 0 Å². The molecule has 0 saturated heterocycles. The standard InChI is InChI=1S/C20H21ClN4OS/c21-14-6-1-3-8-17(14)25-13-11-16(24-25)20(26)22-12-5-10-19-23-15-7-2-4-9-18(15)27-19/h1,3,6,8,11,13H,2,4-5,7,9-10,12H2,(H,22,26). The fourth-order valence-corrected chi connectivity index (χ4v) is 4.68. The highest BCUT2D eigenvalue weighted by atomic mass is 35.5. The largest absolute Gasteiger partial charge is 0.351 e. The van der Waals surface area contributed by atoms with Crippen LogP contribution >= 0.6 is 22.9 Å². The number of aromatic nitrogens is 3. The minimum absolute atomic E-state index is 0.167. The summed E-state index contributed by atoms with van der Waals surface area (Å²) in [6, 6.07) is 9.12. The van der Waals surface area contributed by atoms with E-state index in [2.05, 4.69) is 10.4 Å². The van der Waals surface area contributed by atoms with E-state index in [0.29, 0.717) is 17.3 Å². The Balaban J connectivity index is 1.28. The van der Waals surface area contributed by atoms with Gasteiger partial charge in [-0.3, -0.25) is 4.79 Å². The van der Waals surface area contributed by atoms with Gasteiger partial charge in [-0.05, 0) is 50.3 Å². The summed E-state index contributed by atoms with van der Waals surface area (Å²) in [5, 5.41) is 9.06. The molecule has 1 aliphatic carbocycles. The molecule has 1 aromatic carbocycles. The summed E-state index contributed by atoms with van der Waals surface area (Å²) in [6.07, 6.45) is 8.37. The molecule has 1 aliphatic rings. The number of nitrogens with zero attached hydrogens (tertiary/aromatic N) is 3. The lowest BCUT2D eigenvalue weighted by atomic mass is 10.0. The monoisotopic (exact) mass is 400 g/mol. The third-order valence-electron chi connectivity index (χ3n) is 4.66. The van der Waals surface area contributed by atoms with E-state index in [9.17, 15) is 4.79 Å². The SMILES string of the molecule is O=C(NCCCc1nc2c(s1)CCCC2)c1ccn(-c2ccccc2Cl)n1. The van der Waals surface area contributed by atoms with Gasteiger partial charge in [0.2, 0.25) is 0 Å². The maximum Gasteiger partial charge on any atom is 0.271 e. The molecule has 140 valence electrons. The van der Waals surface area contributed by atoms with E-state index in [1.165, 1.54) is 34.8 Å². The lowest BCUT2D eigenvalue weighted by molar-refractivity contribution is 0.0948. The molecule has 2 aromatic heterocycles. The number of thiazole rings is 1. The second kappa shape index (κ2) is 8.23. The second-order valence-electron chi connectivity index (χ2n) is 6.64. The van der Waals surface area contributed by atoms with Gasteiger partial charge in [0.15, 0.2) is 5.69 Å². The van der Waals surface area contributed by atoms with Gasteiger partial charge in [0.25, 0.3) is 5.91 Å². The summed E-state index contributed by atoms with van der Waals surface area (Å²) >= 11 is 8.02. The van der Waals surface area contributed by atoms with Crippen LogP contribution in [-0.4, -0.2) is 27.2 Å². The molecule has 1 N–H and O–H groups in total. The number of rotatable bonds is 6. The number of para-hydroxylation sites is 1. The van der Waals surface area contributed by atoms with Crippen molar-refractivity contribution in [2.45, 2.75) is 38.5 Å². The predicted molar refractivity (Wildman–Crippen MR) is 108 cm³/mol. The number of nitrogens with one attached hydrogen (secondary N) is 1. The van der Waals surface area contributed by atoms with Crippen molar-refractivity contribution in [1.82, 2.24) is 20.1 Å². The van der Waals surface area contributed by atoms with Gasteiger partial charge in [-0.2, -0.15) is 5.10 Å². The van der Waals surface area contributed by atoms with Crippen LogP contribution in [0.4, 0.5) is 0 Å². The summed E-state index contributed by atoms with van der Waals surface area (Å²) < 4.78 is 1.62. The number of benzene rings is 1. The molecule has 7 heteroatoms. The van der Waals surface area contributed by atoms with Crippen molar-refractivity contribution >= 4 is 28.8 Å². The maximum atomic E-state index is 12.3. The van der Waals surface area contributed by atoms with E-state index >= 15 is 0 Å². The molecule has 27 heavy (non-hydrogen) atoms. The highest BCUT2D eigenvalue weighted by Crippen LogP contribution is 2.27. The van der Waals surface area contributed by atoms with Crippen molar-refractivity contribution in [2.75, 3.05) is 6.54 Å². The third-order valence-corrected chi connectivity index (χ3v) is 6.20. The third kappa shape index (κ3) is 4.22. The molecule has 4 rings (SSSR count). The first-order chi connectivity index (χ1) is 13.2. The van der Waals surface area contributed by atoms with Crippen LogP contribution in [-0.2, 0) is 19.3 Å². The summed E-state index contributed by atoms with van der Waals surface area (Å²) in [5.74, 6) is -0.167. The second-order valence-corrected chi connectivity index (χ2v) is 8.22. The zero-order valence-electron chi connectivity index (χ0n) is 14.9. The van der Waals surface area contributed by atoms with Gasteiger partial charge >= 0.3 is 0 Å². The van der Waals surface area contributed by atoms with E-state index in [1.54, 1.807) is 23.0 Å². The van der Waals surface area contributed by atoms with E-state index < -0.39 is 0 Å². The van der Waals surface area contributed by atoms with Crippen molar-refractivity contribution in [1.29, 1.82) is 0 Å². The number of hydrogen-bond acceptors (Lipinski definition) is 4. The Morgan fingerprint density at radius 3 is 2.93 bits per heavy atom. The number of amides is 1. The number of halogens is 1. The Labute approximate surface area is 167 Å². The lowest BCUT2D eigenvalue weighted by Gasteiger charge is -2.06. The van der Waals surface area contributed by atoms with Crippen molar-refractivity contribution < 1.29 is 4.79 Å². The molecule has 0 atom stereocenters. The van der Waals surface area contributed by atoms with Crippen LogP contribution < -0.4 is 5.32 Å². The summed E-state index contributed by atoms with van der Waals surface area (Å²) in [6.45, 7) is 0.613. The Kier molecular flexibility index (Phi) is 5.55. The van der Waals surface area contributed by atoms with Gasteiger partial charge in [-0.1, -0.05) is 23.7 Å². The molecule has 1 amide bonds. The molecule has 2 heterocycles. The fraction of sp³-hybridized carbons (Fsp3) is 0.350. The Bertz CT molecular complexity index is 926. The van der Waals surface area contributed by atoms with Crippen LogP contribution in [0.2, 0.25) is 5.02 Å². The zero-order valence-corrected chi connectivity index (χ0v) is 16.5. The number of aryl methyl sites for hydroxylation is 3. The minimum Gasteiger partial charge on any atom is -0.351 e. The first-order valence-electron chi connectivity index (χ1n) is 9.27. The fourth-order valence-electron chi connectivity index (χ4n) is 3.26. The molecule has 0 fully saturated rings. The summed E-state index contributed by atoms with van der Waals surface area (Å²) in [5.41, 5.74) is 2.45. The number of hydrogen-bond donors (Lipinski definition) is 1. The van der Waals surface area contributed by atoms with Gasteiger partial charge < -0.3 is 5.32 Å². The van der Waals surface area contributed by atoms with E-state index in [1.807, 2.05) is 29.5 Å². The van der Waals surface area contributed by atoms with E-state index in [0.717, 1.165) is 24.9 Å². The molecule has 0 unspecified atom stereocenters. The van der Waals surface area contributed by atoms with Crippen molar-refractivity contribution in [2.24, 2.45) is 0 Å². The van der Waals surface area contributed by atoms with E-state index in [4.69, 9.17) is 16.6 Å². The summed E-state index contributed by atoms with van der Waals surface area (Å²) in [7, 11) is 0. The molecule has 0 aliphatic heterocycles. The molecular weight excluding hydrogens is 380 g/mol. The normalized spacial score (nSPS) is 13.4. The number of carbonyl (C=O) groups excluding carboxylic acids is 1. The average Bonchev–Trinajstić information content (AvgIpc) is 3.32. The number of fused-ring (bicyclic) bond motifs is 1. The molecule has 0 bridgehead atoms. The maximum absolute atomic E-state index is 12.3. The zero-order chi connectivity index (χ0) is 18.6. The van der Waals surface area contributed by atoms with Crippen LogP contribution in [0, 0.1) is 0 Å². The molecule has 5 nitrogen and oxygen atoms in total. The van der Waals surface area contributed by atoms with Gasteiger partial charge in [-0.25, -0.2) is 9.67 Å². The van der Waals surface area contributed by atoms with Crippen molar-refractivity contribution in [3.63, 3.8) is 0 Å². The first kappa shape index (κ1) is 18.2. The molecule has 0 radical (unpaired) electrons. The predicted octanol–water partition coefficient (Wildman–Crippen LogP) is 4.22. The van der Waals surface area contributed by atoms with Gasteiger partial charge in [0, 0.05) is 24.0 Å². The van der Waals surface area contributed by atoms with Crippen LogP contribution in [0.1, 0.15) is 45.3 Å². The molecule has 0 spiro atoms. The van der Waals surface area contributed by atoms with Gasteiger partial charge in [-0.15, -0.1) is 11.3 Å². The van der Waals surface area contributed by atoms with Crippen LogP contribution in [0.25, 0.3) is 5.69 Å². The minimum atomic E-state index is -0.167. The molecular formula is C20H21ClN4OS. The van der Waals surface area contributed by atoms with Crippen molar-refractivity contribution in [3.8, 4) is 5.69 Å². The van der Waals surface area contributed by atoms with Crippen LogP contribution in [0.3, 0.4) is 0 Å². The smallest absolute Gasteiger partial charge is 0.271 e. The number of carbonyl (C=O) groups is 1. The lowest BCUT2D eigenvalue weighted by Crippen LogP contribution is -2.25. The Morgan fingerprint density at radius 2 is 2.07 bits per heavy atom. The van der Waals surface area contributed by atoms with Crippen LogP contribution in [0.15, 0.2) is 36.5 Å². The van der Waals surface area contributed by atoms with Crippen LogP contribution in [0.5, 0.6) is 0 Å². The average molecular weight is 401 g/mol. The van der Waals surface area contributed by atoms with E-state index in [-0.39, 0.29) is 5.91 Å². The topological polar surface area (TPSA) is 59.8 Å². The highest BCUT2D eigenvalue weighted by Gasteiger charge is 2.15. The first-order valence-corrected chi connectivity index (χ1v) is 10.5. The quantitative estimate of drug-likeness (QED) is 0.630. The highest BCUT2D eigenvalue weighted by molar-refractivity contribution is 7.11. The van der Waals surface area contributed by atoms with Gasteiger partial charge in [0.05, 0.1) is 21.4 Å².